The number of aryl methyl sites for hydroxylation is 1. The molecule has 0 spiro atoms. The summed E-state index contributed by atoms with van der Waals surface area (Å²) in [4.78, 5) is 2.60. The van der Waals surface area contributed by atoms with Crippen molar-refractivity contribution in [1.82, 2.24) is 5.32 Å². The van der Waals surface area contributed by atoms with Gasteiger partial charge in [0.25, 0.3) is 0 Å². The standard InChI is InChI=1S/C14H16ClNOS/c1-9-4-7-13(18-9)14(16-2)10-5-6-11(15)12(8-10)17-3/h4-8,14,16H,1-3H3. The van der Waals surface area contributed by atoms with Crippen LogP contribution in [0.3, 0.4) is 0 Å². The second-order valence-corrected chi connectivity index (χ2v) is 5.79. The number of rotatable bonds is 4. The average Bonchev–Trinajstić information content (AvgIpc) is 2.79. The van der Waals surface area contributed by atoms with Crippen molar-refractivity contribution in [3.63, 3.8) is 0 Å². The molecule has 0 aliphatic heterocycles. The van der Waals surface area contributed by atoms with Crippen LogP contribution in [0.15, 0.2) is 30.3 Å². The van der Waals surface area contributed by atoms with Crippen LogP contribution in [0, 0.1) is 6.92 Å². The van der Waals surface area contributed by atoms with Gasteiger partial charge in [0, 0.05) is 9.75 Å². The highest BCUT2D eigenvalue weighted by Gasteiger charge is 2.15. The number of benzene rings is 1. The fraction of sp³-hybridized carbons (Fsp3) is 0.286. The fourth-order valence-electron chi connectivity index (χ4n) is 1.94. The van der Waals surface area contributed by atoms with Crippen molar-refractivity contribution < 1.29 is 4.74 Å². The van der Waals surface area contributed by atoms with Crippen molar-refractivity contribution in [2.75, 3.05) is 14.2 Å². The number of nitrogens with one attached hydrogen (secondary N) is 1. The minimum absolute atomic E-state index is 0.176. The Kier molecular flexibility index (Phi) is 4.27. The minimum Gasteiger partial charge on any atom is -0.495 e. The van der Waals surface area contributed by atoms with Crippen molar-refractivity contribution in [3.05, 3.63) is 50.7 Å². The number of ether oxygens (including phenoxy) is 1. The van der Waals surface area contributed by atoms with Crippen LogP contribution < -0.4 is 10.1 Å². The summed E-state index contributed by atoms with van der Waals surface area (Å²) in [6, 6.07) is 10.4. The summed E-state index contributed by atoms with van der Waals surface area (Å²) in [5.41, 5.74) is 1.15. The van der Waals surface area contributed by atoms with E-state index in [-0.39, 0.29) is 6.04 Å². The Bertz CT molecular complexity index is 538. The molecule has 0 bridgehead atoms. The Hall–Kier alpha value is -1.03. The monoisotopic (exact) mass is 281 g/mol. The highest BCUT2D eigenvalue weighted by atomic mass is 35.5. The van der Waals surface area contributed by atoms with E-state index in [1.807, 2.05) is 25.2 Å². The molecule has 96 valence electrons. The van der Waals surface area contributed by atoms with Crippen LogP contribution in [0.2, 0.25) is 5.02 Å². The molecular weight excluding hydrogens is 266 g/mol. The third-order valence-electron chi connectivity index (χ3n) is 2.84. The van der Waals surface area contributed by atoms with E-state index in [0.29, 0.717) is 10.8 Å². The molecule has 0 fully saturated rings. The molecule has 1 N–H and O–H groups in total. The molecule has 2 aromatic rings. The summed E-state index contributed by atoms with van der Waals surface area (Å²) in [6.45, 7) is 2.11. The lowest BCUT2D eigenvalue weighted by Crippen LogP contribution is -2.16. The second-order valence-electron chi connectivity index (χ2n) is 4.06. The van der Waals surface area contributed by atoms with Gasteiger partial charge in [0.1, 0.15) is 5.75 Å². The maximum Gasteiger partial charge on any atom is 0.137 e. The predicted molar refractivity (Wildman–Crippen MR) is 78.0 cm³/mol. The van der Waals surface area contributed by atoms with Gasteiger partial charge in [-0.1, -0.05) is 17.7 Å². The Morgan fingerprint density at radius 1 is 1.28 bits per heavy atom. The number of hydrogen-bond donors (Lipinski definition) is 1. The topological polar surface area (TPSA) is 21.3 Å². The van der Waals surface area contributed by atoms with E-state index < -0.39 is 0 Å². The highest BCUT2D eigenvalue weighted by molar-refractivity contribution is 7.12. The van der Waals surface area contributed by atoms with Crippen molar-refractivity contribution in [2.24, 2.45) is 0 Å². The zero-order valence-electron chi connectivity index (χ0n) is 10.7. The van der Waals surface area contributed by atoms with E-state index in [4.69, 9.17) is 16.3 Å². The Labute approximate surface area is 117 Å². The van der Waals surface area contributed by atoms with Gasteiger partial charge in [-0.15, -0.1) is 11.3 Å². The number of thiophene rings is 1. The summed E-state index contributed by atoms with van der Waals surface area (Å²) < 4.78 is 5.27. The molecule has 0 radical (unpaired) electrons. The Balaban J connectivity index is 2.38. The predicted octanol–water partition coefficient (Wildman–Crippen LogP) is 4.03. The zero-order chi connectivity index (χ0) is 13.1. The van der Waals surface area contributed by atoms with Crippen LogP contribution in [0.25, 0.3) is 0 Å². The van der Waals surface area contributed by atoms with Gasteiger partial charge in [-0.2, -0.15) is 0 Å². The van der Waals surface area contributed by atoms with Crippen LogP contribution in [0.5, 0.6) is 5.75 Å². The van der Waals surface area contributed by atoms with Gasteiger partial charge >= 0.3 is 0 Å². The zero-order valence-corrected chi connectivity index (χ0v) is 12.2. The van der Waals surface area contributed by atoms with Crippen molar-refractivity contribution in [3.8, 4) is 5.75 Å². The summed E-state index contributed by atoms with van der Waals surface area (Å²) in [7, 11) is 3.59. The van der Waals surface area contributed by atoms with Crippen molar-refractivity contribution in [2.45, 2.75) is 13.0 Å². The van der Waals surface area contributed by atoms with Gasteiger partial charge in [0.05, 0.1) is 18.2 Å². The van der Waals surface area contributed by atoms with E-state index in [1.54, 1.807) is 18.4 Å². The molecule has 0 saturated heterocycles. The Morgan fingerprint density at radius 3 is 2.61 bits per heavy atom. The summed E-state index contributed by atoms with van der Waals surface area (Å²) in [5, 5.41) is 3.97. The minimum atomic E-state index is 0.176. The first kappa shape index (κ1) is 13.4. The molecule has 0 saturated carbocycles. The maximum atomic E-state index is 6.05. The number of hydrogen-bond acceptors (Lipinski definition) is 3. The lowest BCUT2D eigenvalue weighted by atomic mass is 10.1. The maximum absolute atomic E-state index is 6.05. The first-order valence-corrected chi connectivity index (χ1v) is 6.92. The highest BCUT2D eigenvalue weighted by Crippen LogP contribution is 2.32. The van der Waals surface area contributed by atoms with E-state index in [2.05, 4.69) is 24.4 Å². The molecule has 2 rings (SSSR count). The van der Waals surface area contributed by atoms with E-state index in [0.717, 1.165) is 5.56 Å². The smallest absolute Gasteiger partial charge is 0.137 e. The number of halogens is 1. The molecule has 0 aliphatic rings. The quantitative estimate of drug-likeness (QED) is 0.914. The fourth-order valence-corrected chi connectivity index (χ4v) is 3.15. The first-order chi connectivity index (χ1) is 8.65. The molecule has 1 aromatic carbocycles. The van der Waals surface area contributed by atoms with Crippen LogP contribution in [0.4, 0.5) is 0 Å². The summed E-state index contributed by atoms with van der Waals surface area (Å²) >= 11 is 7.85. The molecule has 4 heteroatoms. The van der Waals surface area contributed by atoms with Gasteiger partial charge in [-0.25, -0.2) is 0 Å². The molecule has 18 heavy (non-hydrogen) atoms. The van der Waals surface area contributed by atoms with Crippen LogP contribution in [0.1, 0.15) is 21.4 Å². The molecule has 1 atom stereocenters. The van der Waals surface area contributed by atoms with Crippen molar-refractivity contribution >= 4 is 22.9 Å². The molecule has 1 aromatic heterocycles. The van der Waals surface area contributed by atoms with Gasteiger partial charge in [0.15, 0.2) is 0 Å². The van der Waals surface area contributed by atoms with Crippen molar-refractivity contribution in [1.29, 1.82) is 0 Å². The molecule has 0 amide bonds. The van der Waals surface area contributed by atoms with E-state index in [9.17, 15) is 0 Å². The van der Waals surface area contributed by atoms with Gasteiger partial charge in [-0.3, -0.25) is 0 Å². The van der Waals surface area contributed by atoms with Crippen LogP contribution in [-0.2, 0) is 0 Å². The van der Waals surface area contributed by atoms with Crippen LogP contribution in [-0.4, -0.2) is 14.2 Å². The second kappa shape index (κ2) is 5.74. The Morgan fingerprint density at radius 2 is 2.06 bits per heavy atom. The normalized spacial score (nSPS) is 12.4. The molecule has 2 nitrogen and oxygen atoms in total. The van der Waals surface area contributed by atoms with Gasteiger partial charge < -0.3 is 10.1 Å². The third-order valence-corrected chi connectivity index (χ3v) is 4.22. The molecular formula is C14H16ClNOS. The van der Waals surface area contributed by atoms with E-state index >= 15 is 0 Å². The van der Waals surface area contributed by atoms with Crippen LogP contribution >= 0.6 is 22.9 Å². The molecule has 1 heterocycles. The largest absolute Gasteiger partial charge is 0.495 e. The lowest BCUT2D eigenvalue weighted by Gasteiger charge is -2.16. The van der Waals surface area contributed by atoms with Gasteiger partial charge in [0.2, 0.25) is 0 Å². The van der Waals surface area contributed by atoms with E-state index in [1.165, 1.54) is 9.75 Å². The summed E-state index contributed by atoms with van der Waals surface area (Å²) in [5.74, 6) is 0.711. The third kappa shape index (κ3) is 2.69. The molecule has 1 unspecified atom stereocenters. The van der Waals surface area contributed by atoms with Gasteiger partial charge in [-0.05, 0) is 43.8 Å². The number of methoxy groups -OCH3 is 1. The first-order valence-electron chi connectivity index (χ1n) is 5.72. The average molecular weight is 282 g/mol. The molecule has 0 aliphatic carbocycles. The SMILES string of the molecule is CNC(c1ccc(Cl)c(OC)c1)c1ccc(C)s1. The lowest BCUT2D eigenvalue weighted by molar-refractivity contribution is 0.414. The summed E-state index contributed by atoms with van der Waals surface area (Å²) in [6.07, 6.45) is 0.